The molecule has 0 fully saturated rings. The highest BCUT2D eigenvalue weighted by molar-refractivity contribution is 7.22. The molecule has 0 radical (unpaired) electrons. The zero-order chi connectivity index (χ0) is 56.0. The van der Waals surface area contributed by atoms with E-state index >= 15 is 0 Å². The first-order valence-electron chi connectivity index (χ1n) is 29.9. The first kappa shape index (κ1) is 58.4. The molecule has 0 unspecified atom stereocenters. The lowest BCUT2D eigenvalue weighted by atomic mass is 9.94. The summed E-state index contributed by atoms with van der Waals surface area (Å²) in [6, 6.07) is 20.1. The molecule has 8 bridgehead atoms. The van der Waals surface area contributed by atoms with Crippen molar-refractivity contribution in [2.24, 2.45) is 0 Å². The van der Waals surface area contributed by atoms with Gasteiger partial charge in [-0.05, 0) is 229 Å². The molecule has 2 aliphatic heterocycles. The summed E-state index contributed by atoms with van der Waals surface area (Å²) in [6.07, 6.45) is 18.8. The number of nitrogens with one attached hydrogen (secondary N) is 2. The Kier molecular flexibility index (Phi) is 20.6. The van der Waals surface area contributed by atoms with E-state index < -0.39 is 0 Å². The fourth-order valence-corrected chi connectivity index (χ4v) is 13.9. The molecular formula is C72H83N5S2. The Hall–Kier alpha value is -6.74. The number of aryl methyl sites for hydroxylation is 6. The van der Waals surface area contributed by atoms with E-state index in [0.29, 0.717) is 0 Å². The molecule has 2 N–H and O–H groups in total. The van der Waals surface area contributed by atoms with Crippen molar-refractivity contribution in [2.45, 2.75) is 185 Å². The normalized spacial score (nSPS) is 11.9. The van der Waals surface area contributed by atoms with E-state index in [2.05, 4.69) is 200 Å². The van der Waals surface area contributed by atoms with Crippen LogP contribution in [0.25, 0.3) is 54.1 Å². The van der Waals surface area contributed by atoms with Crippen molar-refractivity contribution in [3.8, 4) is 57.1 Å². The molecule has 8 rings (SSSR count). The van der Waals surface area contributed by atoms with Crippen molar-refractivity contribution in [1.29, 1.82) is 0 Å². The molecule has 5 aromatic heterocycles. The Balaban J connectivity index is 1.30. The Morgan fingerprint density at radius 1 is 0.430 bits per heavy atom. The highest BCUT2D eigenvalue weighted by Crippen LogP contribution is 2.43. The highest BCUT2D eigenvalue weighted by Gasteiger charge is 2.27. The summed E-state index contributed by atoms with van der Waals surface area (Å²) in [5, 5.41) is 0. The van der Waals surface area contributed by atoms with E-state index in [0.717, 1.165) is 137 Å². The second-order valence-corrected chi connectivity index (χ2v) is 23.2. The van der Waals surface area contributed by atoms with Crippen molar-refractivity contribution >= 4 is 72.7 Å². The molecule has 0 saturated carbocycles. The molecule has 408 valence electrons. The van der Waals surface area contributed by atoms with Crippen LogP contribution in [-0.4, -0.2) is 34.0 Å². The average Bonchev–Trinajstić information content (AvgIpc) is 4.44. The Labute approximate surface area is 482 Å². The lowest BCUT2D eigenvalue weighted by Gasteiger charge is -2.11. The molecule has 1 aromatic carbocycles. The van der Waals surface area contributed by atoms with E-state index in [1.807, 2.05) is 0 Å². The monoisotopic (exact) mass is 1080 g/mol. The Bertz CT molecular complexity index is 3550. The summed E-state index contributed by atoms with van der Waals surface area (Å²) >= 11 is 3.60. The van der Waals surface area contributed by atoms with Crippen LogP contribution in [0.5, 0.6) is 0 Å². The summed E-state index contributed by atoms with van der Waals surface area (Å²) in [5.41, 5.74) is 24.7. The predicted octanol–water partition coefficient (Wildman–Crippen LogP) is 18.9. The van der Waals surface area contributed by atoms with Gasteiger partial charge in [0.15, 0.2) is 0 Å². The molecule has 0 amide bonds. The standard InChI is InChI=1S/C72H83N5S2/c1-13-23-25-27-34-49-43-69(78-67(49)37-31-29-33-48-39-41-51(42-40-48)77(11)12)70-44-50(35-28-26-24-14-2)68(79-70)38-32-30-36-60-71-58(21-9)56(19-7)65(75-71)46-63-54(17-5)52(15-3)61(73-63)45-62-53(16-4)55(18-6)64(74-62)47-66-57(20-8)59(22-10)72(60)76-66/h39-47,73-74H,13-28,34-35H2,1-12H3. The third-order valence-corrected chi connectivity index (χ3v) is 18.2. The van der Waals surface area contributed by atoms with Crippen molar-refractivity contribution in [3.63, 3.8) is 0 Å². The maximum atomic E-state index is 5.63. The number of H-pyrrole nitrogens is 2. The number of nitrogens with zero attached hydrogens (tertiary/aromatic N) is 3. The zero-order valence-electron chi connectivity index (χ0n) is 49.6. The maximum absolute atomic E-state index is 5.63. The van der Waals surface area contributed by atoms with Gasteiger partial charge >= 0.3 is 0 Å². The van der Waals surface area contributed by atoms with Crippen molar-refractivity contribution < 1.29 is 0 Å². The molecule has 0 aliphatic carbocycles. The minimum atomic E-state index is 0.835. The maximum Gasteiger partial charge on any atom is 0.0851 e. The molecule has 5 nitrogen and oxygen atoms in total. The average molecular weight is 1080 g/mol. The van der Waals surface area contributed by atoms with Gasteiger partial charge in [-0.15, -0.1) is 22.7 Å². The largest absolute Gasteiger partial charge is 0.378 e. The summed E-state index contributed by atoms with van der Waals surface area (Å²) < 4.78 is 0. The van der Waals surface area contributed by atoms with Gasteiger partial charge in [0.05, 0.1) is 38.1 Å². The molecule has 7 heteroatoms. The van der Waals surface area contributed by atoms with Crippen LogP contribution in [0.15, 0.2) is 54.6 Å². The number of allylic oxidation sites excluding steroid dienone is 4. The Morgan fingerprint density at radius 2 is 0.835 bits per heavy atom. The van der Waals surface area contributed by atoms with Crippen LogP contribution < -0.4 is 4.90 Å². The van der Waals surface area contributed by atoms with Gasteiger partial charge in [-0.3, -0.25) is 0 Å². The molecule has 79 heavy (non-hydrogen) atoms. The van der Waals surface area contributed by atoms with Crippen LogP contribution in [0.1, 0.15) is 223 Å². The van der Waals surface area contributed by atoms with Crippen molar-refractivity contribution in [2.75, 3.05) is 19.0 Å². The minimum absolute atomic E-state index is 0.835. The SMILES string of the molecule is CCCCCCc1cc(-c2cc(CCCCCC)c(C#CC#Cc3c4nc(cc5[nH]c(cc6[nH]c(cc7nc3C(CC)=C7CC)c(CC)c6CC)c(CC)c5CC)C(CC)=C4CC)s2)sc1C#CC#Cc1ccc(N(C)C)cc1. The summed E-state index contributed by atoms with van der Waals surface area (Å²) in [6.45, 7) is 22.7. The van der Waals surface area contributed by atoms with Crippen LogP contribution in [-0.2, 0) is 38.5 Å². The molecule has 0 atom stereocenters. The Morgan fingerprint density at radius 3 is 1.23 bits per heavy atom. The summed E-state index contributed by atoms with van der Waals surface area (Å²) in [5.74, 6) is 27.4. The fraction of sp³-hybridized carbons (Fsp3) is 0.417. The number of hydrogen-bond donors (Lipinski definition) is 2. The number of anilines is 1. The molecule has 0 spiro atoms. The van der Waals surface area contributed by atoms with Crippen LogP contribution in [0.3, 0.4) is 0 Å². The van der Waals surface area contributed by atoms with Gasteiger partial charge in [0, 0.05) is 57.2 Å². The van der Waals surface area contributed by atoms with E-state index in [1.165, 1.54) is 115 Å². The number of thiophene rings is 2. The summed E-state index contributed by atoms with van der Waals surface area (Å²) in [7, 11) is 4.11. The topological polar surface area (TPSA) is 60.6 Å². The fourth-order valence-electron chi connectivity index (χ4n) is 11.7. The molecule has 2 aliphatic rings. The van der Waals surface area contributed by atoms with E-state index in [4.69, 9.17) is 9.97 Å². The first-order chi connectivity index (χ1) is 38.6. The van der Waals surface area contributed by atoms with Crippen LogP contribution in [0.2, 0.25) is 0 Å². The van der Waals surface area contributed by atoms with Gasteiger partial charge in [0.2, 0.25) is 0 Å². The molecule has 0 saturated heterocycles. The number of unbranched alkanes of at least 4 members (excludes halogenated alkanes) is 6. The van der Waals surface area contributed by atoms with Gasteiger partial charge in [0.25, 0.3) is 0 Å². The molecule has 6 aromatic rings. The molecular weight excluding hydrogens is 999 g/mol. The van der Waals surface area contributed by atoms with Gasteiger partial charge in [0.1, 0.15) is 0 Å². The van der Waals surface area contributed by atoms with Gasteiger partial charge < -0.3 is 14.9 Å². The quantitative estimate of drug-likeness (QED) is 0.0592. The number of aromatic nitrogens is 4. The second kappa shape index (κ2) is 27.9. The van der Waals surface area contributed by atoms with E-state index in [9.17, 15) is 0 Å². The highest BCUT2D eigenvalue weighted by atomic mass is 32.1. The summed E-state index contributed by atoms with van der Waals surface area (Å²) in [4.78, 5) is 25.9. The van der Waals surface area contributed by atoms with Crippen molar-refractivity contribution in [1.82, 2.24) is 19.9 Å². The number of fused-ring (bicyclic) bond motifs is 8. The van der Waals surface area contributed by atoms with E-state index in [1.54, 1.807) is 22.7 Å². The van der Waals surface area contributed by atoms with Gasteiger partial charge in [-0.2, -0.15) is 0 Å². The zero-order valence-corrected chi connectivity index (χ0v) is 51.2. The lowest BCUT2D eigenvalue weighted by Crippen LogP contribution is -2.07. The smallest absolute Gasteiger partial charge is 0.0851 e. The minimum Gasteiger partial charge on any atom is -0.378 e. The third kappa shape index (κ3) is 13.1. The number of aromatic amines is 2. The van der Waals surface area contributed by atoms with Gasteiger partial charge in [-0.1, -0.05) is 114 Å². The molecule has 7 heterocycles. The van der Waals surface area contributed by atoms with Crippen LogP contribution in [0.4, 0.5) is 5.69 Å². The van der Waals surface area contributed by atoms with Gasteiger partial charge in [-0.25, -0.2) is 9.97 Å². The first-order valence-corrected chi connectivity index (χ1v) is 31.5. The van der Waals surface area contributed by atoms with Crippen molar-refractivity contribution in [3.05, 3.63) is 132 Å². The second-order valence-electron chi connectivity index (χ2n) is 21.1. The number of benzene rings is 1. The predicted molar refractivity (Wildman–Crippen MR) is 345 cm³/mol. The van der Waals surface area contributed by atoms with Crippen LogP contribution >= 0.6 is 22.7 Å². The number of rotatable bonds is 20. The lowest BCUT2D eigenvalue weighted by molar-refractivity contribution is 0.667. The van der Waals surface area contributed by atoms with Crippen LogP contribution in [0, 0.1) is 47.4 Å². The number of hydrogen-bond acceptors (Lipinski definition) is 5. The van der Waals surface area contributed by atoms with E-state index in [-0.39, 0.29) is 0 Å². The third-order valence-electron chi connectivity index (χ3n) is 15.8.